The lowest BCUT2D eigenvalue weighted by Gasteiger charge is -2.43. The minimum atomic E-state index is -0.758. The van der Waals surface area contributed by atoms with E-state index in [2.05, 4.69) is 39.9 Å². The van der Waals surface area contributed by atoms with Crippen LogP contribution in [0.3, 0.4) is 0 Å². The van der Waals surface area contributed by atoms with Crippen LogP contribution in [0.1, 0.15) is 69.3 Å². The fraction of sp³-hybridized carbons (Fsp3) is 0.520. The van der Waals surface area contributed by atoms with Crippen LogP contribution in [0.5, 0.6) is 0 Å². The van der Waals surface area contributed by atoms with E-state index < -0.39 is 5.60 Å². The maximum Gasteiger partial charge on any atom is 0.274 e. The Morgan fingerprint density at radius 1 is 1.23 bits per heavy atom. The Hall–Kier alpha value is -3.40. The molecule has 0 spiro atoms. The average molecular weight is 480 g/mol. The molecule has 0 radical (unpaired) electrons. The molecular formula is C25H33N7O3. The first kappa shape index (κ1) is 23.3. The summed E-state index contributed by atoms with van der Waals surface area (Å²) in [5, 5.41) is 23.8. The molecule has 0 unspecified atom stereocenters. The van der Waals surface area contributed by atoms with E-state index in [1.54, 1.807) is 35.2 Å². The Morgan fingerprint density at radius 3 is 2.66 bits per heavy atom. The Bertz CT molecular complexity index is 1330. The third-order valence-corrected chi connectivity index (χ3v) is 7.23. The van der Waals surface area contributed by atoms with Crippen molar-refractivity contribution in [1.82, 2.24) is 24.5 Å². The number of carbonyl (C=O) groups excluding carboxylic acids is 1. The number of hydrogen-bond acceptors (Lipinski definition) is 7. The zero-order valence-corrected chi connectivity index (χ0v) is 20.6. The van der Waals surface area contributed by atoms with Crippen molar-refractivity contribution in [2.45, 2.75) is 70.6 Å². The number of aliphatic hydroxyl groups is 1. The summed E-state index contributed by atoms with van der Waals surface area (Å²) >= 11 is 0. The molecule has 2 saturated carbocycles. The molecule has 0 saturated heterocycles. The maximum atomic E-state index is 13.2. The fourth-order valence-electron chi connectivity index (χ4n) is 5.41. The molecule has 0 bridgehead atoms. The molecule has 3 aromatic rings. The van der Waals surface area contributed by atoms with Gasteiger partial charge in [-0.25, -0.2) is 4.98 Å². The maximum absolute atomic E-state index is 13.2. The monoisotopic (exact) mass is 479 g/mol. The van der Waals surface area contributed by atoms with Crippen LogP contribution < -0.4 is 21.5 Å². The summed E-state index contributed by atoms with van der Waals surface area (Å²) in [5.41, 5.74) is 0.536. The first-order chi connectivity index (χ1) is 16.5. The van der Waals surface area contributed by atoms with Gasteiger partial charge in [-0.15, -0.1) is 0 Å². The van der Waals surface area contributed by atoms with Crippen molar-refractivity contribution in [3.63, 3.8) is 0 Å². The summed E-state index contributed by atoms with van der Waals surface area (Å²) in [5.74, 6) is 0.769. The minimum Gasteiger partial charge on any atom is -0.390 e. The second-order valence-corrected chi connectivity index (χ2v) is 11.0. The van der Waals surface area contributed by atoms with Crippen LogP contribution in [0.25, 0.3) is 5.65 Å². The Kier molecular flexibility index (Phi) is 5.58. The molecule has 2 atom stereocenters. The van der Waals surface area contributed by atoms with Gasteiger partial charge in [-0.3, -0.25) is 9.59 Å². The van der Waals surface area contributed by atoms with Crippen molar-refractivity contribution in [3.8, 4) is 0 Å². The summed E-state index contributed by atoms with van der Waals surface area (Å²) in [7, 11) is 1.76. The molecule has 0 aliphatic heterocycles. The standard InChI is InChI=1S/C25H33N7O3/c1-24(2)12-16(13-24)31-9-5-6-18(23(31)34)29-19-10-20(26-4)32-21(30-19)17(14-27-32)22(33)28-15-7-8-25(3,35)11-15/h5-6,9-10,14-16,26,35H,7-8,11-13H2,1-4H3,(H,28,33)(H,29,30)/t15-,25-/m1/s1. The molecule has 2 aliphatic carbocycles. The van der Waals surface area contributed by atoms with E-state index in [0.717, 1.165) is 19.3 Å². The normalized spacial score (nSPS) is 23.7. The lowest BCUT2D eigenvalue weighted by Crippen LogP contribution is -2.38. The molecule has 1 amide bonds. The predicted molar refractivity (Wildman–Crippen MR) is 134 cm³/mol. The van der Waals surface area contributed by atoms with E-state index in [4.69, 9.17) is 0 Å². The summed E-state index contributed by atoms with van der Waals surface area (Å²) in [4.78, 5) is 30.8. The number of nitrogens with one attached hydrogen (secondary N) is 3. The molecule has 186 valence electrons. The molecule has 35 heavy (non-hydrogen) atoms. The van der Waals surface area contributed by atoms with Crippen molar-refractivity contribution >= 4 is 28.9 Å². The number of pyridine rings is 1. The highest BCUT2D eigenvalue weighted by molar-refractivity contribution is 6.00. The number of anilines is 3. The second kappa shape index (κ2) is 8.37. The number of rotatable bonds is 6. The van der Waals surface area contributed by atoms with Gasteiger partial charge in [-0.05, 0) is 56.6 Å². The highest BCUT2D eigenvalue weighted by Crippen LogP contribution is 2.47. The van der Waals surface area contributed by atoms with E-state index in [1.165, 1.54) is 6.20 Å². The molecule has 3 heterocycles. The first-order valence-corrected chi connectivity index (χ1v) is 12.1. The van der Waals surface area contributed by atoms with Crippen molar-refractivity contribution in [2.24, 2.45) is 5.41 Å². The van der Waals surface area contributed by atoms with Gasteiger partial charge in [-0.1, -0.05) is 13.8 Å². The van der Waals surface area contributed by atoms with Crippen LogP contribution in [-0.4, -0.2) is 48.9 Å². The Morgan fingerprint density at radius 2 is 2.00 bits per heavy atom. The van der Waals surface area contributed by atoms with Crippen molar-refractivity contribution in [3.05, 3.63) is 46.5 Å². The average Bonchev–Trinajstić information content (AvgIpc) is 3.35. The minimum absolute atomic E-state index is 0.0968. The molecule has 10 nitrogen and oxygen atoms in total. The second-order valence-electron chi connectivity index (χ2n) is 11.0. The molecule has 2 fully saturated rings. The number of carbonyl (C=O) groups is 1. The summed E-state index contributed by atoms with van der Waals surface area (Å²) in [6, 6.07) is 5.45. The van der Waals surface area contributed by atoms with Gasteiger partial charge in [0.25, 0.3) is 11.5 Å². The topological polar surface area (TPSA) is 126 Å². The zero-order valence-electron chi connectivity index (χ0n) is 20.6. The van der Waals surface area contributed by atoms with Gasteiger partial charge >= 0.3 is 0 Å². The van der Waals surface area contributed by atoms with E-state index in [1.807, 2.05) is 12.3 Å². The fourth-order valence-corrected chi connectivity index (χ4v) is 5.41. The van der Waals surface area contributed by atoms with Gasteiger partial charge in [0, 0.05) is 31.4 Å². The summed E-state index contributed by atoms with van der Waals surface area (Å²) < 4.78 is 3.35. The number of nitrogens with zero attached hydrogens (tertiary/aromatic N) is 4. The van der Waals surface area contributed by atoms with Gasteiger partial charge in [0.1, 0.15) is 22.9 Å². The Balaban J connectivity index is 1.43. The number of amides is 1. The molecular weight excluding hydrogens is 446 g/mol. The lowest BCUT2D eigenvalue weighted by atomic mass is 9.68. The van der Waals surface area contributed by atoms with Crippen molar-refractivity contribution < 1.29 is 9.90 Å². The molecule has 3 aromatic heterocycles. The zero-order chi connectivity index (χ0) is 25.0. The number of fused-ring (bicyclic) bond motifs is 1. The van der Waals surface area contributed by atoms with Crippen LogP contribution in [0.15, 0.2) is 35.4 Å². The van der Waals surface area contributed by atoms with Gasteiger partial charge in [0.05, 0.1) is 11.8 Å². The third kappa shape index (κ3) is 4.50. The smallest absolute Gasteiger partial charge is 0.274 e. The largest absolute Gasteiger partial charge is 0.390 e. The molecule has 10 heteroatoms. The van der Waals surface area contributed by atoms with Gasteiger partial charge in [0.15, 0.2) is 5.65 Å². The molecule has 4 N–H and O–H groups in total. The highest BCUT2D eigenvalue weighted by Gasteiger charge is 2.37. The van der Waals surface area contributed by atoms with Gasteiger partial charge in [-0.2, -0.15) is 9.61 Å². The predicted octanol–water partition coefficient (Wildman–Crippen LogP) is 3.07. The van der Waals surface area contributed by atoms with Crippen molar-refractivity contribution in [1.29, 1.82) is 0 Å². The van der Waals surface area contributed by atoms with Gasteiger partial charge < -0.3 is 25.6 Å². The van der Waals surface area contributed by atoms with E-state index in [9.17, 15) is 14.7 Å². The number of hydrogen-bond donors (Lipinski definition) is 4. The SMILES string of the molecule is CNc1cc(Nc2cccn(C3CC(C)(C)C3)c2=O)nc2c(C(=O)N[C@@H]3CC[C@@](C)(O)C3)cnn12. The van der Waals surface area contributed by atoms with Crippen LogP contribution >= 0.6 is 0 Å². The summed E-state index contributed by atoms with van der Waals surface area (Å²) in [6.45, 7) is 6.21. The van der Waals surface area contributed by atoms with E-state index in [-0.39, 0.29) is 29.0 Å². The summed E-state index contributed by atoms with van der Waals surface area (Å²) in [6.07, 6.45) is 7.14. The Labute approximate surface area is 203 Å². The quantitative estimate of drug-likeness (QED) is 0.428. The van der Waals surface area contributed by atoms with Crippen molar-refractivity contribution in [2.75, 3.05) is 17.7 Å². The van der Waals surface area contributed by atoms with Gasteiger partial charge in [0.2, 0.25) is 0 Å². The van der Waals surface area contributed by atoms with Crippen LogP contribution in [0.4, 0.5) is 17.3 Å². The first-order valence-electron chi connectivity index (χ1n) is 12.1. The molecule has 0 aromatic carbocycles. The van der Waals surface area contributed by atoms with Crippen LogP contribution in [0, 0.1) is 5.41 Å². The molecule has 5 rings (SSSR count). The van der Waals surface area contributed by atoms with E-state index in [0.29, 0.717) is 41.4 Å². The molecule has 2 aliphatic rings. The third-order valence-electron chi connectivity index (χ3n) is 7.23. The lowest BCUT2D eigenvalue weighted by molar-refractivity contribution is 0.0647. The number of aromatic nitrogens is 4. The van der Waals surface area contributed by atoms with E-state index >= 15 is 0 Å². The van der Waals surface area contributed by atoms with Crippen LogP contribution in [-0.2, 0) is 0 Å². The van der Waals surface area contributed by atoms with Crippen LogP contribution in [0.2, 0.25) is 0 Å². The highest BCUT2D eigenvalue weighted by atomic mass is 16.3.